The van der Waals surface area contributed by atoms with Gasteiger partial charge in [-0.25, -0.2) is 4.39 Å². The Morgan fingerprint density at radius 1 is 1.07 bits per heavy atom. The zero-order chi connectivity index (χ0) is 21.0. The van der Waals surface area contributed by atoms with E-state index in [-0.39, 0.29) is 29.7 Å². The van der Waals surface area contributed by atoms with Gasteiger partial charge in [0.1, 0.15) is 11.9 Å². The SMILES string of the molecule is CC[C@@H](C)NC(=O)[C@@H](NC(=O)c1ccc(F)cc1)C1CCN(C(=O)C2CC2)CC1. The Balaban J connectivity index is 1.67. The van der Waals surface area contributed by atoms with E-state index >= 15 is 0 Å². The summed E-state index contributed by atoms with van der Waals surface area (Å²) in [4.78, 5) is 39.7. The van der Waals surface area contributed by atoms with Crippen molar-refractivity contribution in [3.05, 3.63) is 35.6 Å². The number of nitrogens with one attached hydrogen (secondary N) is 2. The van der Waals surface area contributed by atoms with Crippen LogP contribution in [0.3, 0.4) is 0 Å². The van der Waals surface area contributed by atoms with Crippen LogP contribution in [0, 0.1) is 17.7 Å². The van der Waals surface area contributed by atoms with Gasteiger partial charge in [-0.2, -0.15) is 0 Å². The largest absolute Gasteiger partial charge is 0.352 e. The van der Waals surface area contributed by atoms with E-state index in [4.69, 9.17) is 0 Å². The molecule has 3 rings (SSSR count). The number of nitrogens with zero attached hydrogens (tertiary/aromatic N) is 1. The molecule has 3 amide bonds. The van der Waals surface area contributed by atoms with Gasteiger partial charge in [-0.05, 0) is 69.2 Å². The Morgan fingerprint density at radius 3 is 2.24 bits per heavy atom. The zero-order valence-corrected chi connectivity index (χ0v) is 17.1. The van der Waals surface area contributed by atoms with Crippen molar-refractivity contribution in [2.75, 3.05) is 13.1 Å². The Kier molecular flexibility index (Phi) is 6.87. The normalized spacial score (nSPS) is 19.3. The van der Waals surface area contributed by atoms with Crippen LogP contribution in [0.5, 0.6) is 0 Å². The number of hydrogen-bond acceptors (Lipinski definition) is 3. The van der Waals surface area contributed by atoms with E-state index in [1.807, 2.05) is 18.7 Å². The minimum Gasteiger partial charge on any atom is -0.352 e. The van der Waals surface area contributed by atoms with Crippen LogP contribution in [0.1, 0.15) is 56.3 Å². The number of carbonyl (C=O) groups is 3. The van der Waals surface area contributed by atoms with Crippen LogP contribution < -0.4 is 10.6 Å². The summed E-state index contributed by atoms with van der Waals surface area (Å²) < 4.78 is 13.1. The van der Waals surface area contributed by atoms with Crippen molar-refractivity contribution in [2.24, 2.45) is 11.8 Å². The molecule has 1 saturated carbocycles. The van der Waals surface area contributed by atoms with Crippen LogP contribution in [-0.4, -0.2) is 47.8 Å². The summed E-state index contributed by atoms with van der Waals surface area (Å²) in [5.74, 6) is -0.659. The number of hydrogen-bond donors (Lipinski definition) is 2. The maximum Gasteiger partial charge on any atom is 0.251 e. The molecule has 0 radical (unpaired) electrons. The van der Waals surface area contributed by atoms with Crippen LogP contribution in [0.15, 0.2) is 24.3 Å². The molecule has 0 bridgehead atoms. The van der Waals surface area contributed by atoms with Gasteiger partial charge in [0.05, 0.1) is 0 Å². The number of likely N-dealkylation sites (tertiary alicyclic amines) is 1. The summed E-state index contributed by atoms with van der Waals surface area (Å²) in [5.41, 5.74) is 0.314. The second-order valence-corrected chi connectivity index (χ2v) is 8.21. The zero-order valence-electron chi connectivity index (χ0n) is 17.1. The van der Waals surface area contributed by atoms with Crippen molar-refractivity contribution in [1.82, 2.24) is 15.5 Å². The summed E-state index contributed by atoms with van der Waals surface area (Å²) in [6.07, 6.45) is 4.08. The first kappa shape index (κ1) is 21.3. The summed E-state index contributed by atoms with van der Waals surface area (Å²) in [7, 11) is 0. The fourth-order valence-electron chi connectivity index (χ4n) is 3.70. The maximum atomic E-state index is 13.1. The summed E-state index contributed by atoms with van der Waals surface area (Å²) in [6, 6.07) is 4.59. The first-order chi connectivity index (χ1) is 13.9. The van der Waals surface area contributed by atoms with Gasteiger partial charge in [0.2, 0.25) is 11.8 Å². The molecule has 158 valence electrons. The number of carbonyl (C=O) groups excluding carboxylic acids is 3. The van der Waals surface area contributed by atoms with Gasteiger partial charge in [0, 0.05) is 30.6 Å². The van der Waals surface area contributed by atoms with E-state index in [2.05, 4.69) is 10.6 Å². The quantitative estimate of drug-likeness (QED) is 0.734. The third kappa shape index (κ3) is 5.55. The predicted octanol–water partition coefficient (Wildman–Crippen LogP) is 2.49. The van der Waals surface area contributed by atoms with Crippen molar-refractivity contribution in [3.63, 3.8) is 0 Å². The summed E-state index contributed by atoms with van der Waals surface area (Å²) in [6.45, 7) is 5.13. The van der Waals surface area contributed by atoms with Crippen molar-refractivity contribution < 1.29 is 18.8 Å². The number of halogens is 1. The minimum absolute atomic E-state index is 0.00394. The van der Waals surface area contributed by atoms with Crippen molar-refractivity contribution in [3.8, 4) is 0 Å². The highest BCUT2D eigenvalue weighted by Crippen LogP contribution is 2.33. The van der Waals surface area contributed by atoms with E-state index in [1.165, 1.54) is 24.3 Å². The molecule has 1 saturated heterocycles. The molecule has 1 aliphatic heterocycles. The fraction of sp³-hybridized carbons (Fsp3) is 0.591. The summed E-state index contributed by atoms with van der Waals surface area (Å²) >= 11 is 0. The molecule has 1 aliphatic carbocycles. The number of rotatable bonds is 7. The van der Waals surface area contributed by atoms with Gasteiger partial charge >= 0.3 is 0 Å². The molecular formula is C22H30FN3O3. The van der Waals surface area contributed by atoms with Crippen LogP contribution in [0.2, 0.25) is 0 Å². The molecule has 0 aromatic heterocycles. The Labute approximate surface area is 171 Å². The van der Waals surface area contributed by atoms with Gasteiger partial charge in [0.25, 0.3) is 5.91 Å². The molecule has 2 atom stereocenters. The monoisotopic (exact) mass is 403 g/mol. The Bertz CT molecular complexity index is 740. The van der Waals surface area contributed by atoms with Crippen LogP contribution in [-0.2, 0) is 9.59 Å². The molecule has 1 aromatic carbocycles. The van der Waals surface area contributed by atoms with Gasteiger partial charge in [0.15, 0.2) is 0 Å². The Hall–Kier alpha value is -2.44. The molecule has 6 nitrogen and oxygen atoms in total. The van der Waals surface area contributed by atoms with Gasteiger partial charge in [-0.1, -0.05) is 6.92 Å². The lowest BCUT2D eigenvalue weighted by molar-refractivity contribution is -0.134. The fourth-order valence-corrected chi connectivity index (χ4v) is 3.70. The van der Waals surface area contributed by atoms with Crippen LogP contribution >= 0.6 is 0 Å². The lowest BCUT2D eigenvalue weighted by Gasteiger charge is -2.36. The highest BCUT2D eigenvalue weighted by Gasteiger charge is 2.38. The molecule has 29 heavy (non-hydrogen) atoms. The maximum absolute atomic E-state index is 13.1. The molecule has 2 N–H and O–H groups in total. The highest BCUT2D eigenvalue weighted by molar-refractivity contribution is 5.97. The summed E-state index contributed by atoms with van der Waals surface area (Å²) in [5, 5.41) is 5.81. The van der Waals surface area contributed by atoms with Crippen molar-refractivity contribution in [1.29, 1.82) is 0 Å². The standard InChI is InChI=1S/C22H30FN3O3/c1-3-14(2)24-21(28)19(25-20(27)16-6-8-18(23)9-7-16)15-10-12-26(13-11-15)22(29)17-4-5-17/h6-9,14-15,17,19H,3-5,10-13H2,1-2H3,(H,24,28)(H,25,27)/t14-,19+/m1/s1. The molecule has 2 fully saturated rings. The first-order valence-corrected chi connectivity index (χ1v) is 10.5. The molecular weight excluding hydrogens is 373 g/mol. The molecule has 1 aromatic rings. The molecule has 0 unspecified atom stereocenters. The van der Waals surface area contributed by atoms with Crippen LogP contribution in [0.25, 0.3) is 0 Å². The predicted molar refractivity (Wildman–Crippen MR) is 108 cm³/mol. The smallest absolute Gasteiger partial charge is 0.251 e. The van der Waals surface area contributed by atoms with E-state index in [1.54, 1.807) is 0 Å². The topological polar surface area (TPSA) is 78.5 Å². The molecule has 1 heterocycles. The first-order valence-electron chi connectivity index (χ1n) is 10.5. The lowest BCUT2D eigenvalue weighted by Crippen LogP contribution is -2.55. The third-order valence-electron chi connectivity index (χ3n) is 5.93. The van der Waals surface area contributed by atoms with Gasteiger partial charge in [-0.3, -0.25) is 14.4 Å². The number of amides is 3. The molecule has 0 spiro atoms. The molecule has 2 aliphatic rings. The van der Waals surface area contributed by atoms with E-state index in [9.17, 15) is 18.8 Å². The van der Waals surface area contributed by atoms with E-state index in [0.29, 0.717) is 31.5 Å². The average molecular weight is 403 g/mol. The van der Waals surface area contributed by atoms with Crippen molar-refractivity contribution in [2.45, 2.75) is 58.0 Å². The minimum atomic E-state index is -0.681. The van der Waals surface area contributed by atoms with E-state index in [0.717, 1.165) is 19.3 Å². The Morgan fingerprint density at radius 2 is 1.69 bits per heavy atom. The van der Waals surface area contributed by atoms with Crippen LogP contribution in [0.4, 0.5) is 4.39 Å². The number of piperidine rings is 1. The third-order valence-corrected chi connectivity index (χ3v) is 5.93. The van der Waals surface area contributed by atoms with Gasteiger partial charge < -0.3 is 15.5 Å². The second-order valence-electron chi connectivity index (χ2n) is 8.21. The number of benzene rings is 1. The lowest BCUT2D eigenvalue weighted by atomic mass is 9.88. The average Bonchev–Trinajstić information content (AvgIpc) is 3.57. The van der Waals surface area contributed by atoms with E-state index < -0.39 is 17.8 Å². The molecule has 7 heteroatoms. The van der Waals surface area contributed by atoms with Gasteiger partial charge in [-0.15, -0.1) is 0 Å². The highest BCUT2D eigenvalue weighted by atomic mass is 19.1. The van der Waals surface area contributed by atoms with Crippen molar-refractivity contribution >= 4 is 17.7 Å². The second kappa shape index (κ2) is 9.37.